The minimum absolute atomic E-state index is 0.0205. The van der Waals surface area contributed by atoms with Crippen molar-refractivity contribution in [2.24, 2.45) is 0 Å². The monoisotopic (exact) mass is 416 g/mol. The standard InChI is InChI=1S/C19H20N4O3S2/c1-2-20-16-13(17(24)22-8-4-3-7-15(22)21-16)10-14-18(25)23(19(27)28-14)11-12-6-5-9-26-12/h3-4,7-8,10,12,20H,2,5-6,9,11H2,1H3/b14-10+/t12-/m0/s1. The van der Waals surface area contributed by atoms with E-state index < -0.39 is 0 Å². The normalized spacial score (nSPS) is 21.2. The highest BCUT2D eigenvalue weighted by Gasteiger charge is 2.35. The fraction of sp³-hybridized carbons (Fsp3) is 0.368. The lowest BCUT2D eigenvalue weighted by atomic mass is 10.2. The molecule has 0 bridgehead atoms. The summed E-state index contributed by atoms with van der Waals surface area (Å²) in [6, 6.07) is 5.37. The van der Waals surface area contributed by atoms with E-state index in [1.165, 1.54) is 16.2 Å². The van der Waals surface area contributed by atoms with Crippen LogP contribution in [0.5, 0.6) is 0 Å². The van der Waals surface area contributed by atoms with Crippen LogP contribution in [-0.4, -0.2) is 50.3 Å². The van der Waals surface area contributed by atoms with Crippen molar-refractivity contribution in [2.75, 3.05) is 25.0 Å². The van der Waals surface area contributed by atoms with E-state index in [9.17, 15) is 9.59 Å². The molecule has 1 amide bonds. The summed E-state index contributed by atoms with van der Waals surface area (Å²) in [5.74, 6) is 0.272. The van der Waals surface area contributed by atoms with Crippen molar-refractivity contribution in [3.05, 3.63) is 45.2 Å². The SMILES string of the molecule is CCNc1nc2ccccn2c(=O)c1/C=C1/SC(=S)N(C[C@@H]2CCCO2)C1=O. The summed E-state index contributed by atoms with van der Waals surface area (Å²) in [4.78, 5) is 32.4. The second kappa shape index (κ2) is 8.02. The number of ether oxygens (including phenoxy) is 1. The summed E-state index contributed by atoms with van der Waals surface area (Å²) in [5, 5.41) is 3.12. The second-order valence-corrected chi connectivity index (χ2v) is 8.24. The van der Waals surface area contributed by atoms with Crippen molar-refractivity contribution in [3.8, 4) is 0 Å². The average molecular weight is 417 g/mol. The lowest BCUT2D eigenvalue weighted by molar-refractivity contribution is -0.123. The van der Waals surface area contributed by atoms with E-state index in [1.807, 2.05) is 13.0 Å². The van der Waals surface area contributed by atoms with Gasteiger partial charge in [0.15, 0.2) is 0 Å². The molecular formula is C19H20N4O3S2. The number of hydrogen-bond donors (Lipinski definition) is 1. The first-order valence-corrected chi connectivity index (χ1v) is 10.4. The lowest BCUT2D eigenvalue weighted by Gasteiger charge is -2.18. The van der Waals surface area contributed by atoms with Crippen LogP contribution < -0.4 is 10.9 Å². The van der Waals surface area contributed by atoms with Crippen molar-refractivity contribution in [1.29, 1.82) is 0 Å². The Morgan fingerprint density at radius 2 is 2.29 bits per heavy atom. The molecular weight excluding hydrogens is 396 g/mol. The zero-order valence-corrected chi connectivity index (χ0v) is 17.0. The number of fused-ring (bicyclic) bond motifs is 1. The Bertz CT molecular complexity index is 1030. The molecule has 1 N–H and O–H groups in total. The number of pyridine rings is 1. The van der Waals surface area contributed by atoms with Gasteiger partial charge in [0.1, 0.15) is 15.8 Å². The fourth-order valence-corrected chi connectivity index (χ4v) is 4.57. The first kappa shape index (κ1) is 19.1. The highest BCUT2D eigenvalue weighted by atomic mass is 32.2. The lowest BCUT2D eigenvalue weighted by Crippen LogP contribution is -2.35. The van der Waals surface area contributed by atoms with Crippen LogP contribution in [0.3, 0.4) is 0 Å². The third kappa shape index (κ3) is 3.57. The zero-order valence-electron chi connectivity index (χ0n) is 15.4. The van der Waals surface area contributed by atoms with E-state index >= 15 is 0 Å². The number of rotatable bonds is 5. The molecule has 2 aliphatic rings. The Labute approximate surface area is 171 Å². The van der Waals surface area contributed by atoms with E-state index in [0.29, 0.717) is 39.3 Å². The summed E-state index contributed by atoms with van der Waals surface area (Å²) in [6.45, 7) is 3.72. The molecule has 0 spiro atoms. The molecule has 146 valence electrons. The number of amides is 1. The number of nitrogens with zero attached hydrogens (tertiary/aromatic N) is 3. The predicted molar refractivity (Wildman–Crippen MR) is 114 cm³/mol. The topological polar surface area (TPSA) is 75.9 Å². The third-order valence-electron chi connectivity index (χ3n) is 4.67. The Hall–Kier alpha value is -2.23. The molecule has 0 unspecified atom stereocenters. The molecule has 2 fully saturated rings. The highest BCUT2D eigenvalue weighted by molar-refractivity contribution is 8.26. The van der Waals surface area contributed by atoms with Gasteiger partial charge >= 0.3 is 0 Å². The zero-order chi connectivity index (χ0) is 19.7. The molecule has 2 saturated heterocycles. The first-order valence-electron chi connectivity index (χ1n) is 9.20. The Morgan fingerprint density at radius 3 is 3.04 bits per heavy atom. The van der Waals surface area contributed by atoms with Crippen LogP contribution >= 0.6 is 24.0 Å². The Morgan fingerprint density at radius 1 is 1.43 bits per heavy atom. The molecule has 0 aliphatic carbocycles. The summed E-state index contributed by atoms with van der Waals surface area (Å²) in [5.41, 5.74) is 0.667. The van der Waals surface area contributed by atoms with E-state index in [4.69, 9.17) is 17.0 Å². The molecule has 7 nitrogen and oxygen atoms in total. The van der Waals surface area contributed by atoms with E-state index in [0.717, 1.165) is 19.4 Å². The smallest absolute Gasteiger partial charge is 0.267 e. The van der Waals surface area contributed by atoms with Crippen LogP contribution in [0, 0.1) is 0 Å². The number of carbonyl (C=O) groups excluding carboxylic acids is 1. The van der Waals surface area contributed by atoms with Gasteiger partial charge < -0.3 is 10.1 Å². The van der Waals surface area contributed by atoms with Crippen LogP contribution in [0.15, 0.2) is 34.1 Å². The molecule has 2 aliphatic heterocycles. The van der Waals surface area contributed by atoms with Crippen molar-refractivity contribution >= 4 is 51.7 Å². The third-order valence-corrected chi connectivity index (χ3v) is 6.05. The van der Waals surface area contributed by atoms with Gasteiger partial charge in [-0.25, -0.2) is 4.98 Å². The molecule has 2 aromatic heterocycles. The molecule has 4 heterocycles. The quantitative estimate of drug-likeness (QED) is 0.593. The molecule has 0 radical (unpaired) electrons. The van der Waals surface area contributed by atoms with Crippen LogP contribution in [0.4, 0.5) is 5.82 Å². The fourth-order valence-electron chi connectivity index (χ4n) is 3.32. The maximum atomic E-state index is 13.0. The maximum Gasteiger partial charge on any atom is 0.267 e. The van der Waals surface area contributed by atoms with Crippen molar-refractivity contribution in [2.45, 2.75) is 25.9 Å². The first-order chi connectivity index (χ1) is 13.6. The molecule has 1 atom stereocenters. The summed E-state index contributed by atoms with van der Waals surface area (Å²) in [7, 11) is 0. The average Bonchev–Trinajstić information content (AvgIpc) is 3.29. The van der Waals surface area contributed by atoms with Gasteiger partial charge in [-0.05, 0) is 38.0 Å². The van der Waals surface area contributed by atoms with Gasteiger partial charge in [-0.3, -0.25) is 18.9 Å². The van der Waals surface area contributed by atoms with Crippen molar-refractivity contribution in [3.63, 3.8) is 0 Å². The summed E-state index contributed by atoms with van der Waals surface area (Å²) < 4.78 is 7.59. The number of hydrogen-bond acceptors (Lipinski definition) is 7. The van der Waals surface area contributed by atoms with Crippen molar-refractivity contribution in [1.82, 2.24) is 14.3 Å². The van der Waals surface area contributed by atoms with E-state index in [-0.39, 0.29) is 17.6 Å². The van der Waals surface area contributed by atoms with Gasteiger partial charge in [-0.15, -0.1) is 0 Å². The Balaban J connectivity index is 1.71. The maximum absolute atomic E-state index is 13.0. The van der Waals surface area contributed by atoms with Gasteiger partial charge in [0.25, 0.3) is 11.5 Å². The van der Waals surface area contributed by atoms with Gasteiger partial charge in [-0.2, -0.15) is 0 Å². The molecule has 0 saturated carbocycles. The number of thiocarbonyl (C=S) groups is 1. The number of carbonyl (C=O) groups is 1. The van der Waals surface area contributed by atoms with Gasteiger partial charge in [-0.1, -0.05) is 30.0 Å². The number of thioether (sulfide) groups is 1. The Kier molecular flexibility index (Phi) is 5.47. The van der Waals surface area contributed by atoms with Crippen LogP contribution in [0.1, 0.15) is 25.3 Å². The molecule has 2 aromatic rings. The van der Waals surface area contributed by atoms with Crippen LogP contribution in [-0.2, 0) is 9.53 Å². The number of anilines is 1. The predicted octanol–water partition coefficient (Wildman–Crippen LogP) is 2.51. The van der Waals surface area contributed by atoms with Gasteiger partial charge in [0, 0.05) is 19.3 Å². The minimum atomic E-state index is -0.231. The van der Waals surface area contributed by atoms with E-state index in [1.54, 1.807) is 29.3 Å². The van der Waals surface area contributed by atoms with E-state index in [2.05, 4.69) is 10.3 Å². The van der Waals surface area contributed by atoms with Gasteiger partial charge in [0.2, 0.25) is 0 Å². The number of nitrogens with one attached hydrogen (secondary N) is 1. The largest absolute Gasteiger partial charge is 0.376 e. The van der Waals surface area contributed by atoms with Crippen LogP contribution in [0.2, 0.25) is 0 Å². The summed E-state index contributed by atoms with van der Waals surface area (Å²) >= 11 is 6.61. The minimum Gasteiger partial charge on any atom is -0.376 e. The van der Waals surface area contributed by atoms with Crippen molar-refractivity contribution < 1.29 is 9.53 Å². The molecule has 4 rings (SSSR count). The molecule has 0 aromatic carbocycles. The number of aromatic nitrogens is 2. The molecule has 9 heteroatoms. The van der Waals surface area contributed by atoms with Crippen LogP contribution in [0.25, 0.3) is 11.7 Å². The second-order valence-electron chi connectivity index (χ2n) is 6.57. The summed E-state index contributed by atoms with van der Waals surface area (Å²) in [6.07, 6.45) is 5.21. The highest BCUT2D eigenvalue weighted by Crippen LogP contribution is 2.34. The molecule has 28 heavy (non-hydrogen) atoms. The van der Waals surface area contributed by atoms with Gasteiger partial charge in [0.05, 0.1) is 23.1 Å².